The van der Waals surface area contributed by atoms with E-state index in [-0.39, 0.29) is 5.56 Å². The van der Waals surface area contributed by atoms with Gasteiger partial charge in [0.25, 0.3) is 5.56 Å². The minimum Gasteiger partial charge on any atom is -0.281 e. The molecule has 3 aromatic carbocycles. The Morgan fingerprint density at radius 3 is 2.38 bits per heavy atom. The van der Waals surface area contributed by atoms with Crippen molar-refractivity contribution in [1.82, 2.24) is 4.57 Å². The quantitative estimate of drug-likeness (QED) is 0.448. The Labute approximate surface area is 157 Å². The first-order valence-electron chi connectivity index (χ1n) is 8.68. The standard InChI is InChI=1S/C23H18ClNO/c1-2-19-15-17-9-7-13-21(16-8-6-10-18(24)14-16)22(17)23(26)25(19)20-11-4-3-5-12-20/h3-15H,2H2,1H3. The number of hydrogen-bond acceptors (Lipinski definition) is 1. The molecule has 128 valence electrons. The van der Waals surface area contributed by atoms with E-state index in [2.05, 4.69) is 13.0 Å². The lowest BCUT2D eigenvalue weighted by molar-refractivity contribution is 0.889. The summed E-state index contributed by atoms with van der Waals surface area (Å²) in [7, 11) is 0. The summed E-state index contributed by atoms with van der Waals surface area (Å²) in [5, 5.41) is 2.33. The third-order valence-electron chi connectivity index (χ3n) is 4.64. The highest BCUT2D eigenvalue weighted by atomic mass is 35.5. The minimum atomic E-state index is 0.00104. The predicted octanol–water partition coefficient (Wildman–Crippen LogP) is 5.87. The van der Waals surface area contributed by atoms with Gasteiger partial charge in [0.15, 0.2) is 0 Å². The summed E-state index contributed by atoms with van der Waals surface area (Å²) in [6.45, 7) is 2.07. The van der Waals surface area contributed by atoms with Gasteiger partial charge in [-0.1, -0.05) is 67.1 Å². The van der Waals surface area contributed by atoms with Crippen molar-refractivity contribution in [3.63, 3.8) is 0 Å². The van der Waals surface area contributed by atoms with E-state index in [9.17, 15) is 4.79 Å². The van der Waals surface area contributed by atoms with Crippen molar-refractivity contribution >= 4 is 22.4 Å². The molecule has 26 heavy (non-hydrogen) atoms. The summed E-state index contributed by atoms with van der Waals surface area (Å²) in [5.74, 6) is 0. The zero-order chi connectivity index (χ0) is 18.1. The molecule has 0 aliphatic rings. The molecular formula is C23H18ClNO. The van der Waals surface area contributed by atoms with Gasteiger partial charge < -0.3 is 0 Å². The van der Waals surface area contributed by atoms with Crippen LogP contribution < -0.4 is 5.56 Å². The highest BCUT2D eigenvalue weighted by molar-refractivity contribution is 6.30. The fraction of sp³-hybridized carbons (Fsp3) is 0.0870. The Hall–Kier alpha value is -2.84. The third kappa shape index (κ3) is 2.83. The van der Waals surface area contributed by atoms with Crippen molar-refractivity contribution < 1.29 is 0 Å². The fourth-order valence-electron chi connectivity index (χ4n) is 3.43. The van der Waals surface area contributed by atoms with E-state index >= 15 is 0 Å². The van der Waals surface area contributed by atoms with E-state index in [0.29, 0.717) is 5.02 Å². The molecule has 0 amide bonds. The largest absolute Gasteiger partial charge is 0.281 e. The highest BCUT2D eigenvalue weighted by Crippen LogP contribution is 2.29. The van der Waals surface area contributed by atoms with Crippen LogP contribution in [0.4, 0.5) is 0 Å². The molecule has 0 atom stereocenters. The number of rotatable bonds is 3. The lowest BCUT2D eigenvalue weighted by Gasteiger charge is -2.15. The molecule has 0 radical (unpaired) electrons. The SMILES string of the molecule is CCc1cc2cccc(-c3cccc(Cl)c3)c2c(=O)n1-c1ccccc1. The van der Waals surface area contributed by atoms with E-state index < -0.39 is 0 Å². The van der Waals surface area contributed by atoms with Crippen molar-refractivity contribution in [2.24, 2.45) is 0 Å². The molecule has 0 fully saturated rings. The lowest BCUT2D eigenvalue weighted by Crippen LogP contribution is -2.22. The summed E-state index contributed by atoms with van der Waals surface area (Å²) >= 11 is 6.18. The van der Waals surface area contributed by atoms with Gasteiger partial charge in [-0.15, -0.1) is 0 Å². The van der Waals surface area contributed by atoms with Crippen molar-refractivity contribution in [1.29, 1.82) is 0 Å². The molecule has 4 aromatic rings. The molecule has 2 nitrogen and oxygen atoms in total. The zero-order valence-electron chi connectivity index (χ0n) is 14.4. The molecule has 0 saturated heterocycles. The van der Waals surface area contributed by atoms with Gasteiger partial charge in [0.2, 0.25) is 0 Å². The van der Waals surface area contributed by atoms with Gasteiger partial charge in [-0.25, -0.2) is 0 Å². The van der Waals surface area contributed by atoms with Crippen LogP contribution >= 0.6 is 11.6 Å². The van der Waals surface area contributed by atoms with E-state index in [1.807, 2.05) is 77.4 Å². The number of nitrogens with zero attached hydrogens (tertiary/aromatic N) is 1. The van der Waals surface area contributed by atoms with Crippen LogP contribution in [0.3, 0.4) is 0 Å². The molecular weight excluding hydrogens is 342 g/mol. The zero-order valence-corrected chi connectivity index (χ0v) is 15.2. The van der Waals surface area contributed by atoms with E-state index in [1.165, 1.54) is 0 Å². The van der Waals surface area contributed by atoms with Gasteiger partial charge in [0.1, 0.15) is 0 Å². The predicted molar refractivity (Wildman–Crippen MR) is 109 cm³/mol. The van der Waals surface area contributed by atoms with Crippen molar-refractivity contribution in [2.75, 3.05) is 0 Å². The molecule has 0 unspecified atom stereocenters. The summed E-state index contributed by atoms with van der Waals surface area (Å²) < 4.78 is 1.82. The molecule has 0 N–H and O–H groups in total. The average Bonchev–Trinajstić information content (AvgIpc) is 2.68. The molecule has 0 aliphatic heterocycles. The number of halogens is 1. The van der Waals surface area contributed by atoms with Crippen LogP contribution in [0.1, 0.15) is 12.6 Å². The minimum absolute atomic E-state index is 0.00104. The van der Waals surface area contributed by atoms with Crippen LogP contribution in [-0.2, 0) is 6.42 Å². The summed E-state index contributed by atoms with van der Waals surface area (Å²) in [6, 6.07) is 25.5. The normalized spacial score (nSPS) is 11.0. The number of para-hydroxylation sites is 1. The molecule has 4 rings (SSSR count). The number of hydrogen-bond donors (Lipinski definition) is 0. The van der Waals surface area contributed by atoms with Crippen LogP contribution in [-0.4, -0.2) is 4.57 Å². The first-order chi connectivity index (χ1) is 12.7. The lowest BCUT2D eigenvalue weighted by atomic mass is 9.98. The molecule has 0 saturated carbocycles. The van der Waals surface area contributed by atoms with E-state index in [0.717, 1.165) is 39.7 Å². The Morgan fingerprint density at radius 2 is 1.65 bits per heavy atom. The summed E-state index contributed by atoms with van der Waals surface area (Å²) in [6.07, 6.45) is 0.779. The molecule has 3 heteroatoms. The van der Waals surface area contributed by atoms with Crippen LogP contribution in [0.5, 0.6) is 0 Å². The number of fused-ring (bicyclic) bond motifs is 1. The maximum absolute atomic E-state index is 13.5. The molecule has 1 heterocycles. The monoisotopic (exact) mass is 359 g/mol. The second-order valence-corrected chi connectivity index (χ2v) is 6.68. The fourth-order valence-corrected chi connectivity index (χ4v) is 3.62. The van der Waals surface area contributed by atoms with E-state index in [1.54, 1.807) is 0 Å². The van der Waals surface area contributed by atoms with Crippen LogP contribution in [0.2, 0.25) is 5.02 Å². The highest BCUT2D eigenvalue weighted by Gasteiger charge is 2.14. The average molecular weight is 360 g/mol. The molecule has 1 aromatic heterocycles. The molecule has 0 bridgehead atoms. The Morgan fingerprint density at radius 1 is 0.885 bits per heavy atom. The first-order valence-corrected chi connectivity index (χ1v) is 9.06. The van der Waals surface area contributed by atoms with Gasteiger partial charge in [0.05, 0.1) is 5.39 Å². The van der Waals surface area contributed by atoms with Gasteiger partial charge >= 0.3 is 0 Å². The number of aryl methyl sites for hydroxylation is 1. The molecule has 0 aliphatic carbocycles. The van der Waals surface area contributed by atoms with E-state index in [4.69, 9.17) is 11.6 Å². The number of aromatic nitrogens is 1. The van der Waals surface area contributed by atoms with Crippen molar-refractivity contribution in [3.05, 3.63) is 99.9 Å². The maximum Gasteiger partial charge on any atom is 0.263 e. The summed E-state index contributed by atoms with van der Waals surface area (Å²) in [4.78, 5) is 13.5. The Kier molecular flexibility index (Phi) is 4.36. The Balaban J connectivity index is 2.10. The topological polar surface area (TPSA) is 22.0 Å². The van der Waals surface area contributed by atoms with Crippen LogP contribution in [0.15, 0.2) is 83.7 Å². The van der Waals surface area contributed by atoms with Crippen molar-refractivity contribution in [2.45, 2.75) is 13.3 Å². The van der Waals surface area contributed by atoms with Crippen LogP contribution in [0.25, 0.3) is 27.6 Å². The Bertz CT molecular complexity index is 1150. The first kappa shape index (κ1) is 16.6. The van der Waals surface area contributed by atoms with Gasteiger partial charge in [-0.2, -0.15) is 0 Å². The van der Waals surface area contributed by atoms with Crippen LogP contribution in [0, 0.1) is 0 Å². The molecule has 0 spiro atoms. The second kappa shape index (κ2) is 6.81. The number of pyridine rings is 1. The second-order valence-electron chi connectivity index (χ2n) is 6.25. The maximum atomic E-state index is 13.5. The summed E-state index contributed by atoms with van der Waals surface area (Å²) in [5.41, 5.74) is 3.74. The van der Waals surface area contributed by atoms with Gasteiger partial charge in [-0.3, -0.25) is 9.36 Å². The number of benzene rings is 3. The van der Waals surface area contributed by atoms with Crippen molar-refractivity contribution in [3.8, 4) is 16.8 Å². The van der Waals surface area contributed by atoms with Gasteiger partial charge in [0, 0.05) is 16.4 Å². The van der Waals surface area contributed by atoms with Gasteiger partial charge in [-0.05, 0) is 53.3 Å². The smallest absolute Gasteiger partial charge is 0.263 e. The third-order valence-corrected chi connectivity index (χ3v) is 4.87.